The molecular formula is C13H17N3OS. The van der Waals surface area contributed by atoms with Gasteiger partial charge in [-0.05, 0) is 23.9 Å². The van der Waals surface area contributed by atoms with Crippen molar-refractivity contribution in [1.29, 1.82) is 0 Å². The molecular weight excluding hydrogens is 246 g/mol. The van der Waals surface area contributed by atoms with Gasteiger partial charge < -0.3 is 5.73 Å². The van der Waals surface area contributed by atoms with Crippen molar-refractivity contribution in [3.8, 4) is 0 Å². The monoisotopic (exact) mass is 263 g/mol. The summed E-state index contributed by atoms with van der Waals surface area (Å²) < 4.78 is 1.51. The Bertz CT molecular complexity index is 548. The first-order valence-corrected chi connectivity index (χ1v) is 6.97. The Morgan fingerprint density at radius 3 is 2.94 bits per heavy atom. The van der Waals surface area contributed by atoms with Crippen molar-refractivity contribution in [2.24, 2.45) is 5.73 Å². The van der Waals surface area contributed by atoms with Gasteiger partial charge in [0.15, 0.2) is 0 Å². The van der Waals surface area contributed by atoms with E-state index in [2.05, 4.69) is 12.0 Å². The Hall–Kier alpha value is -1.46. The molecule has 2 aromatic rings. The van der Waals surface area contributed by atoms with Crippen molar-refractivity contribution < 1.29 is 0 Å². The van der Waals surface area contributed by atoms with E-state index in [1.54, 1.807) is 23.5 Å². The van der Waals surface area contributed by atoms with Gasteiger partial charge in [0, 0.05) is 17.5 Å². The standard InChI is InChI=1S/C13H17N3OS/c1-2-3-8-16-12(17)7-6-10(15-16)13(14)11-5-4-9-18-11/h4-7,9,13H,2-3,8,14H2,1H3. The summed E-state index contributed by atoms with van der Waals surface area (Å²) >= 11 is 1.60. The van der Waals surface area contributed by atoms with Gasteiger partial charge in [-0.25, -0.2) is 4.68 Å². The molecule has 2 heterocycles. The second-order valence-electron chi connectivity index (χ2n) is 4.17. The summed E-state index contributed by atoms with van der Waals surface area (Å²) in [6, 6.07) is 6.96. The number of aryl methyl sites for hydroxylation is 1. The minimum atomic E-state index is -0.251. The fraction of sp³-hybridized carbons (Fsp3) is 0.385. The minimum Gasteiger partial charge on any atom is -0.318 e. The van der Waals surface area contributed by atoms with E-state index < -0.39 is 0 Å². The molecule has 0 fully saturated rings. The molecule has 0 radical (unpaired) electrons. The highest BCUT2D eigenvalue weighted by molar-refractivity contribution is 7.10. The zero-order chi connectivity index (χ0) is 13.0. The molecule has 0 saturated carbocycles. The highest BCUT2D eigenvalue weighted by atomic mass is 32.1. The molecule has 2 N–H and O–H groups in total. The van der Waals surface area contributed by atoms with E-state index in [1.165, 1.54) is 4.68 Å². The van der Waals surface area contributed by atoms with Gasteiger partial charge in [0.05, 0.1) is 11.7 Å². The van der Waals surface area contributed by atoms with Gasteiger partial charge in [0.1, 0.15) is 0 Å². The van der Waals surface area contributed by atoms with E-state index in [0.29, 0.717) is 6.54 Å². The van der Waals surface area contributed by atoms with E-state index in [0.717, 1.165) is 23.4 Å². The van der Waals surface area contributed by atoms with Gasteiger partial charge in [-0.1, -0.05) is 19.4 Å². The Labute approximate surface area is 110 Å². The van der Waals surface area contributed by atoms with Crippen LogP contribution in [0, 0.1) is 0 Å². The Balaban J connectivity index is 2.26. The van der Waals surface area contributed by atoms with Gasteiger partial charge in [-0.2, -0.15) is 5.10 Å². The number of unbranched alkanes of at least 4 members (excludes halogenated alkanes) is 1. The average Bonchev–Trinajstić information content (AvgIpc) is 2.91. The van der Waals surface area contributed by atoms with Crippen LogP contribution in [0.1, 0.15) is 36.4 Å². The van der Waals surface area contributed by atoms with Crippen LogP contribution < -0.4 is 11.3 Å². The van der Waals surface area contributed by atoms with Crippen molar-refractivity contribution in [1.82, 2.24) is 9.78 Å². The third kappa shape index (κ3) is 2.86. The molecule has 1 atom stereocenters. The number of rotatable bonds is 5. The number of aromatic nitrogens is 2. The predicted octanol–water partition coefficient (Wildman–Crippen LogP) is 2.15. The lowest BCUT2D eigenvalue weighted by Crippen LogP contribution is -2.25. The van der Waals surface area contributed by atoms with Gasteiger partial charge in [0.25, 0.3) is 5.56 Å². The van der Waals surface area contributed by atoms with Crippen molar-refractivity contribution >= 4 is 11.3 Å². The van der Waals surface area contributed by atoms with E-state index >= 15 is 0 Å². The van der Waals surface area contributed by atoms with Crippen LogP contribution in [-0.4, -0.2) is 9.78 Å². The second-order valence-corrected chi connectivity index (χ2v) is 5.15. The fourth-order valence-electron chi connectivity index (χ4n) is 1.71. The molecule has 0 amide bonds. The van der Waals surface area contributed by atoms with Crippen LogP contribution >= 0.6 is 11.3 Å². The predicted molar refractivity (Wildman–Crippen MR) is 73.8 cm³/mol. The van der Waals surface area contributed by atoms with Gasteiger partial charge in [-0.15, -0.1) is 11.3 Å². The SMILES string of the molecule is CCCCn1nc(C(N)c2cccs2)ccc1=O. The van der Waals surface area contributed by atoms with Crippen LogP contribution in [0.3, 0.4) is 0 Å². The van der Waals surface area contributed by atoms with E-state index in [4.69, 9.17) is 5.73 Å². The molecule has 2 aromatic heterocycles. The summed E-state index contributed by atoms with van der Waals surface area (Å²) in [5, 5.41) is 6.34. The largest absolute Gasteiger partial charge is 0.318 e. The zero-order valence-electron chi connectivity index (χ0n) is 10.4. The Morgan fingerprint density at radius 2 is 2.28 bits per heavy atom. The summed E-state index contributed by atoms with van der Waals surface area (Å²) in [5.74, 6) is 0. The summed E-state index contributed by atoms with van der Waals surface area (Å²) in [4.78, 5) is 12.7. The van der Waals surface area contributed by atoms with Crippen LogP contribution in [0.2, 0.25) is 0 Å². The van der Waals surface area contributed by atoms with Crippen molar-refractivity contribution in [3.05, 3.63) is 50.6 Å². The topological polar surface area (TPSA) is 60.9 Å². The maximum absolute atomic E-state index is 11.6. The van der Waals surface area contributed by atoms with Crippen molar-refractivity contribution in [2.45, 2.75) is 32.4 Å². The first kappa shape index (κ1) is 13.0. The third-order valence-corrected chi connectivity index (χ3v) is 3.73. The van der Waals surface area contributed by atoms with Gasteiger partial charge in [-0.3, -0.25) is 4.79 Å². The van der Waals surface area contributed by atoms with Crippen LogP contribution in [0.5, 0.6) is 0 Å². The number of hydrogen-bond donors (Lipinski definition) is 1. The molecule has 0 aromatic carbocycles. The molecule has 96 valence electrons. The second kappa shape index (κ2) is 5.93. The van der Waals surface area contributed by atoms with Crippen LogP contribution in [0.25, 0.3) is 0 Å². The molecule has 0 bridgehead atoms. The molecule has 5 heteroatoms. The Kier molecular flexibility index (Phi) is 4.28. The van der Waals surface area contributed by atoms with E-state index in [9.17, 15) is 4.79 Å². The highest BCUT2D eigenvalue weighted by Gasteiger charge is 2.12. The number of thiophene rings is 1. The first-order chi connectivity index (χ1) is 8.72. The molecule has 0 aliphatic heterocycles. The van der Waals surface area contributed by atoms with Crippen molar-refractivity contribution in [2.75, 3.05) is 0 Å². The Morgan fingerprint density at radius 1 is 1.44 bits per heavy atom. The summed E-state index contributed by atoms with van der Waals surface area (Å²) in [7, 11) is 0. The fourth-order valence-corrected chi connectivity index (χ4v) is 2.45. The third-order valence-electron chi connectivity index (χ3n) is 2.78. The normalized spacial score (nSPS) is 12.6. The summed E-state index contributed by atoms with van der Waals surface area (Å²) in [6.45, 7) is 2.74. The minimum absolute atomic E-state index is 0.0643. The molecule has 1 unspecified atom stereocenters. The van der Waals surface area contributed by atoms with Crippen LogP contribution in [0.4, 0.5) is 0 Å². The molecule has 0 spiro atoms. The van der Waals surface area contributed by atoms with Gasteiger partial charge >= 0.3 is 0 Å². The quantitative estimate of drug-likeness (QED) is 0.899. The average molecular weight is 263 g/mol. The van der Waals surface area contributed by atoms with Crippen molar-refractivity contribution in [3.63, 3.8) is 0 Å². The van der Waals surface area contributed by atoms with Crippen LogP contribution in [-0.2, 0) is 6.54 Å². The first-order valence-electron chi connectivity index (χ1n) is 6.09. The number of hydrogen-bond acceptors (Lipinski definition) is 4. The van der Waals surface area contributed by atoms with E-state index in [1.807, 2.05) is 17.5 Å². The molecule has 0 aliphatic carbocycles. The summed E-state index contributed by atoms with van der Waals surface area (Å²) in [6.07, 6.45) is 1.99. The maximum atomic E-state index is 11.6. The summed E-state index contributed by atoms with van der Waals surface area (Å²) in [5.41, 5.74) is 6.82. The maximum Gasteiger partial charge on any atom is 0.266 e. The zero-order valence-corrected chi connectivity index (χ0v) is 11.2. The lowest BCUT2D eigenvalue weighted by atomic mass is 10.2. The molecule has 0 saturated heterocycles. The lowest BCUT2D eigenvalue weighted by Gasteiger charge is -2.11. The molecule has 0 aliphatic rings. The molecule has 18 heavy (non-hydrogen) atoms. The highest BCUT2D eigenvalue weighted by Crippen LogP contribution is 2.21. The molecule has 2 rings (SSSR count). The number of nitrogens with zero attached hydrogens (tertiary/aromatic N) is 2. The van der Waals surface area contributed by atoms with Gasteiger partial charge in [0.2, 0.25) is 0 Å². The van der Waals surface area contributed by atoms with Crippen LogP contribution in [0.15, 0.2) is 34.4 Å². The van der Waals surface area contributed by atoms with E-state index in [-0.39, 0.29) is 11.6 Å². The molecule has 4 nitrogen and oxygen atoms in total. The smallest absolute Gasteiger partial charge is 0.266 e. The lowest BCUT2D eigenvalue weighted by molar-refractivity contribution is 0.528. The number of nitrogens with two attached hydrogens (primary N) is 1.